The number of nitrogens with zero attached hydrogens (tertiary/aromatic N) is 1. The van der Waals surface area contributed by atoms with Gasteiger partial charge in [0.25, 0.3) is 0 Å². The maximum absolute atomic E-state index is 12.1. The molecule has 1 aromatic rings. The number of hydrogen-bond acceptors (Lipinski definition) is 2. The number of benzene rings is 1. The Morgan fingerprint density at radius 1 is 1.12 bits per heavy atom. The fourth-order valence-corrected chi connectivity index (χ4v) is 3.86. The van der Waals surface area contributed by atoms with Gasteiger partial charge in [-0.15, -0.1) is 0 Å². The minimum atomic E-state index is -0.396. The van der Waals surface area contributed by atoms with E-state index >= 15 is 0 Å². The van der Waals surface area contributed by atoms with Crippen LogP contribution in [0.2, 0.25) is 0 Å². The summed E-state index contributed by atoms with van der Waals surface area (Å²) in [5, 5.41) is 0. The van der Waals surface area contributed by atoms with Gasteiger partial charge in [0.1, 0.15) is 5.60 Å². The highest BCUT2D eigenvalue weighted by atomic mass is 16.6. The van der Waals surface area contributed by atoms with E-state index in [0.717, 1.165) is 43.7 Å². The summed E-state index contributed by atoms with van der Waals surface area (Å²) in [6, 6.07) is 10.9. The molecule has 1 unspecified atom stereocenters. The van der Waals surface area contributed by atoms with Gasteiger partial charge in [-0.3, -0.25) is 0 Å². The van der Waals surface area contributed by atoms with Gasteiger partial charge in [-0.25, -0.2) is 4.79 Å². The Hall–Kier alpha value is -1.51. The lowest BCUT2D eigenvalue weighted by Crippen LogP contribution is -2.41. The van der Waals surface area contributed by atoms with Gasteiger partial charge in [0.15, 0.2) is 0 Å². The number of hydrogen-bond donors (Lipinski definition) is 0. The molecule has 132 valence electrons. The van der Waals surface area contributed by atoms with Crippen LogP contribution in [0.4, 0.5) is 4.79 Å². The van der Waals surface area contributed by atoms with E-state index in [0.29, 0.717) is 0 Å². The molecule has 0 aromatic heterocycles. The second-order valence-electron chi connectivity index (χ2n) is 8.50. The standard InChI is InChI=1S/C21H31NO2/c1-21(2,3)24-20(23)22-13-11-16(12-14-22)9-10-18-15-19(18)17-7-5-4-6-8-17/h4-8,16,18-19H,9-15H2,1-3H3/t18-,19?/m0/s1. The van der Waals surface area contributed by atoms with Crippen LogP contribution < -0.4 is 0 Å². The van der Waals surface area contributed by atoms with Gasteiger partial charge in [0, 0.05) is 13.1 Å². The summed E-state index contributed by atoms with van der Waals surface area (Å²) in [5.41, 5.74) is 1.12. The third kappa shape index (κ3) is 4.75. The molecule has 1 aliphatic heterocycles. The first-order valence-corrected chi connectivity index (χ1v) is 9.45. The summed E-state index contributed by atoms with van der Waals surface area (Å²) in [7, 11) is 0. The zero-order valence-electron chi connectivity index (χ0n) is 15.3. The smallest absolute Gasteiger partial charge is 0.410 e. The summed E-state index contributed by atoms with van der Waals surface area (Å²) in [6.45, 7) is 7.49. The van der Waals surface area contributed by atoms with E-state index in [-0.39, 0.29) is 6.09 Å². The number of likely N-dealkylation sites (tertiary alicyclic amines) is 1. The van der Waals surface area contributed by atoms with E-state index in [1.807, 2.05) is 25.7 Å². The molecule has 0 radical (unpaired) electrons. The molecule has 1 saturated carbocycles. The molecular weight excluding hydrogens is 298 g/mol. The first kappa shape index (κ1) is 17.3. The van der Waals surface area contributed by atoms with Crippen molar-refractivity contribution in [2.75, 3.05) is 13.1 Å². The zero-order chi connectivity index (χ0) is 17.2. The molecule has 1 heterocycles. The molecule has 2 atom stereocenters. The Morgan fingerprint density at radius 2 is 1.79 bits per heavy atom. The molecule has 2 fully saturated rings. The van der Waals surface area contributed by atoms with Gasteiger partial charge in [-0.1, -0.05) is 36.8 Å². The fourth-order valence-electron chi connectivity index (χ4n) is 3.86. The molecule has 3 nitrogen and oxygen atoms in total. The molecule has 1 aliphatic carbocycles. The number of carbonyl (C=O) groups excluding carboxylic acids is 1. The first-order valence-electron chi connectivity index (χ1n) is 9.45. The Labute approximate surface area is 146 Å². The van der Waals surface area contributed by atoms with Gasteiger partial charge < -0.3 is 9.64 Å². The van der Waals surface area contributed by atoms with Crippen molar-refractivity contribution >= 4 is 6.09 Å². The van der Waals surface area contributed by atoms with Gasteiger partial charge >= 0.3 is 6.09 Å². The van der Waals surface area contributed by atoms with Crippen LogP contribution in [0, 0.1) is 11.8 Å². The van der Waals surface area contributed by atoms with E-state index in [1.165, 1.54) is 24.8 Å². The summed E-state index contributed by atoms with van der Waals surface area (Å²) >= 11 is 0. The topological polar surface area (TPSA) is 29.5 Å². The number of ether oxygens (including phenoxy) is 1. The van der Waals surface area contributed by atoms with Crippen molar-refractivity contribution in [3.05, 3.63) is 35.9 Å². The predicted octanol–water partition coefficient (Wildman–Crippen LogP) is 5.22. The third-order valence-corrected chi connectivity index (χ3v) is 5.36. The minimum Gasteiger partial charge on any atom is -0.444 e. The molecule has 0 spiro atoms. The van der Waals surface area contributed by atoms with Crippen molar-refractivity contribution in [1.82, 2.24) is 4.90 Å². The SMILES string of the molecule is CC(C)(C)OC(=O)N1CCC(CC[C@H]2CC2c2ccccc2)CC1. The largest absolute Gasteiger partial charge is 0.444 e. The molecule has 0 N–H and O–H groups in total. The Morgan fingerprint density at radius 3 is 2.42 bits per heavy atom. The molecule has 2 aliphatic rings. The van der Waals surface area contributed by atoms with E-state index in [4.69, 9.17) is 4.74 Å². The Bertz CT molecular complexity index is 541. The van der Waals surface area contributed by atoms with Crippen molar-refractivity contribution in [3.8, 4) is 0 Å². The van der Waals surface area contributed by atoms with Crippen molar-refractivity contribution in [2.24, 2.45) is 11.8 Å². The van der Waals surface area contributed by atoms with Crippen molar-refractivity contribution < 1.29 is 9.53 Å². The second-order valence-corrected chi connectivity index (χ2v) is 8.50. The molecule has 24 heavy (non-hydrogen) atoms. The average Bonchev–Trinajstić information content (AvgIpc) is 3.32. The molecule has 3 heteroatoms. The monoisotopic (exact) mass is 329 g/mol. The summed E-state index contributed by atoms with van der Waals surface area (Å²) in [6.07, 6.45) is 6.13. The lowest BCUT2D eigenvalue weighted by molar-refractivity contribution is 0.0180. The zero-order valence-corrected chi connectivity index (χ0v) is 15.3. The van der Waals surface area contributed by atoms with Gasteiger partial charge in [-0.2, -0.15) is 0 Å². The molecule has 0 bridgehead atoms. The Kier molecular flexibility index (Phi) is 5.17. The van der Waals surface area contributed by atoms with Crippen LogP contribution in [0.1, 0.15) is 64.4 Å². The third-order valence-electron chi connectivity index (χ3n) is 5.36. The summed E-state index contributed by atoms with van der Waals surface area (Å²) < 4.78 is 5.47. The highest BCUT2D eigenvalue weighted by Gasteiger charge is 2.38. The van der Waals surface area contributed by atoms with Crippen LogP contribution in [0.25, 0.3) is 0 Å². The lowest BCUT2D eigenvalue weighted by atomic mass is 9.91. The highest BCUT2D eigenvalue weighted by Crippen LogP contribution is 2.50. The lowest BCUT2D eigenvalue weighted by Gasteiger charge is -2.33. The number of piperidine rings is 1. The molecule has 3 rings (SSSR count). The second kappa shape index (κ2) is 7.16. The number of carbonyl (C=O) groups is 1. The highest BCUT2D eigenvalue weighted by molar-refractivity contribution is 5.68. The van der Waals surface area contributed by atoms with Gasteiger partial charge in [-0.05, 0) is 69.8 Å². The molecule has 1 amide bonds. The normalized spacial score (nSPS) is 24.7. The van der Waals surface area contributed by atoms with Crippen LogP contribution >= 0.6 is 0 Å². The number of rotatable bonds is 4. The van der Waals surface area contributed by atoms with E-state index in [1.54, 1.807) is 0 Å². The molecule has 1 aromatic carbocycles. The van der Waals surface area contributed by atoms with Crippen LogP contribution in [-0.4, -0.2) is 29.7 Å². The van der Waals surface area contributed by atoms with E-state index in [2.05, 4.69) is 30.3 Å². The molecule has 1 saturated heterocycles. The predicted molar refractivity (Wildman–Crippen MR) is 97.1 cm³/mol. The van der Waals surface area contributed by atoms with Gasteiger partial charge in [0.2, 0.25) is 0 Å². The van der Waals surface area contributed by atoms with E-state index in [9.17, 15) is 4.79 Å². The maximum Gasteiger partial charge on any atom is 0.410 e. The van der Waals surface area contributed by atoms with Crippen molar-refractivity contribution in [1.29, 1.82) is 0 Å². The van der Waals surface area contributed by atoms with Crippen LogP contribution in [-0.2, 0) is 4.74 Å². The van der Waals surface area contributed by atoms with Crippen molar-refractivity contribution in [2.45, 2.75) is 64.4 Å². The van der Waals surface area contributed by atoms with Gasteiger partial charge in [0.05, 0.1) is 0 Å². The fraction of sp³-hybridized carbons (Fsp3) is 0.667. The summed E-state index contributed by atoms with van der Waals surface area (Å²) in [4.78, 5) is 14.0. The summed E-state index contributed by atoms with van der Waals surface area (Å²) in [5.74, 6) is 2.46. The van der Waals surface area contributed by atoms with E-state index < -0.39 is 5.60 Å². The number of amides is 1. The quantitative estimate of drug-likeness (QED) is 0.758. The van der Waals surface area contributed by atoms with Crippen LogP contribution in [0.5, 0.6) is 0 Å². The maximum atomic E-state index is 12.1. The average molecular weight is 329 g/mol. The minimum absolute atomic E-state index is 0.146. The first-order chi connectivity index (χ1) is 11.4. The van der Waals surface area contributed by atoms with Crippen LogP contribution in [0.3, 0.4) is 0 Å². The van der Waals surface area contributed by atoms with Crippen LogP contribution in [0.15, 0.2) is 30.3 Å². The Balaban J connectivity index is 1.36. The van der Waals surface area contributed by atoms with Crippen molar-refractivity contribution in [3.63, 3.8) is 0 Å². The molecular formula is C21H31NO2.